The van der Waals surface area contributed by atoms with E-state index in [2.05, 4.69) is 0 Å². The zero-order valence-electron chi connectivity index (χ0n) is 13.6. The molecule has 0 amide bonds. The predicted octanol–water partition coefficient (Wildman–Crippen LogP) is 4.60. The topological polar surface area (TPSA) is 66.8 Å². The van der Waals surface area contributed by atoms with Crippen LogP contribution in [0, 0.1) is 6.92 Å². The lowest BCUT2D eigenvalue weighted by Crippen LogP contribution is -2.02. The van der Waals surface area contributed by atoms with E-state index < -0.39 is 0 Å². The molecule has 2 N–H and O–H groups in total. The predicted molar refractivity (Wildman–Crippen MR) is 94.5 cm³/mol. The number of carbonyl (C=O) groups excluding carboxylic acids is 1. The second-order valence-corrected chi connectivity index (χ2v) is 6.18. The fraction of sp³-hybridized carbons (Fsp3) is 0.0952. The third kappa shape index (κ3) is 2.62. The highest BCUT2D eigenvalue weighted by atomic mass is 16.5. The Bertz CT molecular complexity index is 1000. The van der Waals surface area contributed by atoms with Gasteiger partial charge in [0.15, 0.2) is 5.78 Å². The van der Waals surface area contributed by atoms with Crippen LogP contribution in [0.2, 0.25) is 0 Å². The van der Waals surface area contributed by atoms with Gasteiger partial charge in [0, 0.05) is 24.1 Å². The van der Waals surface area contributed by atoms with Crippen molar-refractivity contribution >= 4 is 5.78 Å². The molecule has 0 fully saturated rings. The summed E-state index contributed by atoms with van der Waals surface area (Å²) in [5.41, 5.74) is 4.06. The van der Waals surface area contributed by atoms with E-state index in [0.717, 1.165) is 28.3 Å². The van der Waals surface area contributed by atoms with E-state index in [1.807, 2.05) is 49.4 Å². The average molecular weight is 332 g/mol. The van der Waals surface area contributed by atoms with Crippen molar-refractivity contribution in [2.24, 2.45) is 0 Å². The zero-order valence-corrected chi connectivity index (χ0v) is 13.6. The van der Waals surface area contributed by atoms with Gasteiger partial charge in [0.1, 0.15) is 28.6 Å². The summed E-state index contributed by atoms with van der Waals surface area (Å²) in [5.74, 6) is 0.0606. The summed E-state index contributed by atoms with van der Waals surface area (Å²) >= 11 is 0. The zero-order chi connectivity index (χ0) is 17.6. The lowest BCUT2D eigenvalue weighted by Gasteiger charge is -2.12. The van der Waals surface area contributed by atoms with Gasteiger partial charge < -0.3 is 14.9 Å². The number of fused-ring (bicyclic) bond motifs is 2. The van der Waals surface area contributed by atoms with E-state index in [9.17, 15) is 15.0 Å². The van der Waals surface area contributed by atoms with Gasteiger partial charge >= 0.3 is 0 Å². The maximum absolute atomic E-state index is 12.5. The smallest absolute Gasteiger partial charge is 0.174 e. The highest BCUT2D eigenvalue weighted by molar-refractivity contribution is 6.03. The van der Waals surface area contributed by atoms with E-state index in [0.29, 0.717) is 5.75 Å². The first kappa shape index (κ1) is 15.3. The summed E-state index contributed by atoms with van der Waals surface area (Å²) in [4.78, 5) is 12.5. The number of hydrogen-bond donors (Lipinski definition) is 2. The van der Waals surface area contributed by atoms with Crippen molar-refractivity contribution < 1.29 is 19.7 Å². The van der Waals surface area contributed by atoms with Gasteiger partial charge in [0.2, 0.25) is 0 Å². The Morgan fingerprint density at radius 1 is 0.960 bits per heavy atom. The molecule has 0 spiro atoms. The molecule has 0 radical (unpaired) electrons. The molecule has 4 nitrogen and oxygen atoms in total. The molecule has 3 aromatic carbocycles. The fourth-order valence-electron chi connectivity index (χ4n) is 3.19. The van der Waals surface area contributed by atoms with Gasteiger partial charge in [-0.05, 0) is 29.7 Å². The number of aromatic hydroxyl groups is 2. The first-order chi connectivity index (χ1) is 12.0. The fourth-order valence-corrected chi connectivity index (χ4v) is 3.19. The highest BCUT2D eigenvalue weighted by Crippen LogP contribution is 2.41. The number of phenols is 2. The van der Waals surface area contributed by atoms with Crippen LogP contribution in [0.3, 0.4) is 0 Å². The molecule has 25 heavy (non-hydrogen) atoms. The highest BCUT2D eigenvalue weighted by Gasteiger charge is 2.25. The summed E-state index contributed by atoms with van der Waals surface area (Å²) < 4.78 is 5.90. The SMILES string of the molecule is Cc1ccccc1-c1ccc2c(c1)Oc1cc(O)cc(O)c1C(=O)C2. The van der Waals surface area contributed by atoms with Crippen LogP contribution in [0.4, 0.5) is 0 Å². The molecule has 0 bridgehead atoms. The van der Waals surface area contributed by atoms with Crippen LogP contribution in [0.25, 0.3) is 11.1 Å². The van der Waals surface area contributed by atoms with Crippen molar-refractivity contribution in [2.45, 2.75) is 13.3 Å². The summed E-state index contributed by atoms with van der Waals surface area (Å²) in [6.45, 7) is 2.04. The van der Waals surface area contributed by atoms with E-state index in [-0.39, 0.29) is 35.0 Å². The molecule has 0 atom stereocenters. The van der Waals surface area contributed by atoms with Crippen molar-refractivity contribution in [2.75, 3.05) is 0 Å². The third-order valence-electron chi connectivity index (χ3n) is 4.44. The van der Waals surface area contributed by atoms with Gasteiger partial charge in [-0.25, -0.2) is 0 Å². The molecule has 1 heterocycles. The summed E-state index contributed by atoms with van der Waals surface area (Å²) in [6.07, 6.45) is 0.134. The van der Waals surface area contributed by atoms with Crippen molar-refractivity contribution in [1.82, 2.24) is 0 Å². The molecule has 0 saturated carbocycles. The number of hydrogen-bond acceptors (Lipinski definition) is 4. The summed E-state index contributed by atoms with van der Waals surface area (Å²) in [7, 11) is 0. The maximum atomic E-state index is 12.5. The molecule has 4 rings (SSSR count). The molecule has 124 valence electrons. The van der Waals surface area contributed by atoms with Gasteiger partial charge in [-0.1, -0.05) is 36.4 Å². The van der Waals surface area contributed by atoms with Crippen LogP contribution in [0.5, 0.6) is 23.0 Å². The standard InChI is InChI=1S/C21H16O4/c1-12-4-2-3-5-16(12)13-6-7-14-8-17(23)21-18(24)10-15(22)11-20(21)25-19(14)9-13/h2-7,9-11,22,24H,8H2,1H3. The molecule has 0 aliphatic carbocycles. The molecule has 1 aliphatic rings. The summed E-state index contributed by atoms with van der Waals surface area (Å²) in [5, 5.41) is 19.7. The lowest BCUT2D eigenvalue weighted by molar-refractivity contribution is 0.0991. The number of ether oxygens (including phenoxy) is 1. The van der Waals surface area contributed by atoms with Crippen LogP contribution in [0.1, 0.15) is 21.5 Å². The minimum Gasteiger partial charge on any atom is -0.508 e. The lowest BCUT2D eigenvalue weighted by atomic mass is 9.97. The molecular formula is C21H16O4. The quantitative estimate of drug-likeness (QED) is 0.683. The van der Waals surface area contributed by atoms with Crippen molar-refractivity contribution in [3.05, 3.63) is 71.3 Å². The molecule has 4 heteroatoms. The van der Waals surface area contributed by atoms with Gasteiger partial charge in [-0.2, -0.15) is 0 Å². The number of carbonyl (C=O) groups is 1. The number of phenolic OH excluding ortho intramolecular Hbond substituents is 2. The maximum Gasteiger partial charge on any atom is 0.174 e. The Kier molecular flexibility index (Phi) is 3.46. The minimum absolute atomic E-state index is 0.103. The number of benzene rings is 3. The van der Waals surface area contributed by atoms with Crippen LogP contribution in [-0.2, 0) is 6.42 Å². The molecule has 0 aromatic heterocycles. The van der Waals surface area contributed by atoms with Crippen LogP contribution in [0.15, 0.2) is 54.6 Å². The Morgan fingerprint density at radius 2 is 1.76 bits per heavy atom. The van der Waals surface area contributed by atoms with Crippen LogP contribution in [-0.4, -0.2) is 16.0 Å². The largest absolute Gasteiger partial charge is 0.508 e. The Hall–Kier alpha value is -3.27. The van der Waals surface area contributed by atoms with E-state index in [1.165, 1.54) is 6.07 Å². The molecular weight excluding hydrogens is 316 g/mol. The number of aryl methyl sites for hydroxylation is 1. The number of ketones is 1. The first-order valence-corrected chi connectivity index (χ1v) is 7.99. The van der Waals surface area contributed by atoms with E-state index in [1.54, 1.807) is 0 Å². The minimum atomic E-state index is -0.271. The van der Waals surface area contributed by atoms with Crippen LogP contribution >= 0.6 is 0 Å². The Balaban J connectivity index is 1.86. The molecule has 0 unspecified atom stereocenters. The number of rotatable bonds is 1. The average Bonchev–Trinajstić information content (AvgIpc) is 2.69. The van der Waals surface area contributed by atoms with E-state index in [4.69, 9.17) is 4.74 Å². The van der Waals surface area contributed by atoms with Gasteiger partial charge in [0.05, 0.1) is 0 Å². The molecule has 1 aliphatic heterocycles. The van der Waals surface area contributed by atoms with Gasteiger partial charge in [-0.15, -0.1) is 0 Å². The first-order valence-electron chi connectivity index (χ1n) is 7.99. The monoisotopic (exact) mass is 332 g/mol. The van der Waals surface area contributed by atoms with E-state index >= 15 is 0 Å². The molecule has 3 aromatic rings. The van der Waals surface area contributed by atoms with Gasteiger partial charge in [-0.3, -0.25) is 4.79 Å². The molecule has 0 saturated heterocycles. The Morgan fingerprint density at radius 3 is 2.56 bits per heavy atom. The second kappa shape index (κ2) is 5.67. The van der Waals surface area contributed by atoms with Crippen LogP contribution < -0.4 is 4.74 Å². The number of Topliss-reactive ketones (excluding diaryl/α,β-unsaturated/α-hetero) is 1. The third-order valence-corrected chi connectivity index (χ3v) is 4.44. The normalized spacial score (nSPS) is 12.8. The summed E-state index contributed by atoms with van der Waals surface area (Å²) in [6, 6.07) is 16.3. The van der Waals surface area contributed by atoms with Crippen molar-refractivity contribution in [3.63, 3.8) is 0 Å². The van der Waals surface area contributed by atoms with Crippen molar-refractivity contribution in [1.29, 1.82) is 0 Å². The Labute approximate surface area is 144 Å². The van der Waals surface area contributed by atoms with Gasteiger partial charge in [0.25, 0.3) is 0 Å². The van der Waals surface area contributed by atoms with Crippen molar-refractivity contribution in [3.8, 4) is 34.1 Å². The second-order valence-electron chi connectivity index (χ2n) is 6.18.